The van der Waals surface area contributed by atoms with Crippen molar-refractivity contribution in [3.05, 3.63) is 29.8 Å². The van der Waals surface area contributed by atoms with Crippen molar-refractivity contribution in [3.8, 4) is 6.07 Å². The first-order valence-corrected chi connectivity index (χ1v) is 5.71. The largest absolute Gasteiger partial charge is 0.324 e. The Morgan fingerprint density at radius 1 is 1.47 bits per heavy atom. The fraction of sp³-hybridized carbons (Fsp3) is 0.385. The van der Waals surface area contributed by atoms with Crippen LogP contribution in [0.25, 0.3) is 0 Å². The Balaban J connectivity index is 2.05. The second-order valence-electron chi connectivity index (χ2n) is 4.51. The van der Waals surface area contributed by atoms with Gasteiger partial charge in [0.25, 0.3) is 0 Å². The molecule has 0 spiro atoms. The van der Waals surface area contributed by atoms with Crippen LogP contribution < -0.4 is 10.6 Å². The van der Waals surface area contributed by atoms with E-state index in [-0.39, 0.29) is 5.91 Å². The molecule has 1 aromatic rings. The quantitative estimate of drug-likeness (QED) is 0.810. The Morgan fingerprint density at radius 2 is 2.18 bits per heavy atom. The van der Waals surface area contributed by atoms with Crippen LogP contribution in [0.4, 0.5) is 5.69 Å². The zero-order valence-corrected chi connectivity index (χ0v) is 9.79. The number of hydrogen-bond acceptors (Lipinski definition) is 3. The molecule has 1 atom stereocenters. The number of rotatable bonds is 2. The number of nitriles is 1. The van der Waals surface area contributed by atoms with Crippen LogP contribution in [-0.4, -0.2) is 18.0 Å². The fourth-order valence-corrected chi connectivity index (χ4v) is 1.99. The number of anilines is 1. The summed E-state index contributed by atoms with van der Waals surface area (Å²) in [4.78, 5) is 12.1. The number of nitrogens with one attached hydrogen (secondary N) is 2. The summed E-state index contributed by atoms with van der Waals surface area (Å²) < 4.78 is 0. The van der Waals surface area contributed by atoms with Gasteiger partial charge in [-0.1, -0.05) is 0 Å². The molecule has 1 amide bonds. The van der Waals surface area contributed by atoms with Crippen molar-refractivity contribution < 1.29 is 4.79 Å². The van der Waals surface area contributed by atoms with Gasteiger partial charge in [-0.2, -0.15) is 5.26 Å². The van der Waals surface area contributed by atoms with Gasteiger partial charge in [-0.25, -0.2) is 0 Å². The monoisotopic (exact) mass is 229 g/mol. The standard InChI is InChI=1S/C13H15N3O/c1-13(7-2-8-15-13)12(17)16-11-5-3-10(9-14)4-6-11/h3-6,15H,2,7-8H2,1H3,(H,16,17). The lowest BCUT2D eigenvalue weighted by atomic mass is 9.99. The van der Waals surface area contributed by atoms with Crippen LogP contribution >= 0.6 is 0 Å². The lowest BCUT2D eigenvalue weighted by molar-refractivity contribution is -0.121. The molecule has 0 saturated carbocycles. The molecule has 2 N–H and O–H groups in total. The molecule has 1 aliphatic heterocycles. The minimum Gasteiger partial charge on any atom is -0.324 e. The van der Waals surface area contributed by atoms with Gasteiger partial charge >= 0.3 is 0 Å². The van der Waals surface area contributed by atoms with Crippen molar-refractivity contribution in [1.29, 1.82) is 5.26 Å². The minimum atomic E-state index is -0.464. The summed E-state index contributed by atoms with van der Waals surface area (Å²) in [5.41, 5.74) is 0.852. The van der Waals surface area contributed by atoms with Crippen LogP contribution in [0.15, 0.2) is 24.3 Å². The van der Waals surface area contributed by atoms with Crippen molar-refractivity contribution in [2.45, 2.75) is 25.3 Å². The summed E-state index contributed by atoms with van der Waals surface area (Å²) in [7, 11) is 0. The molecule has 0 radical (unpaired) electrons. The molecule has 1 heterocycles. The van der Waals surface area contributed by atoms with E-state index >= 15 is 0 Å². The van der Waals surface area contributed by atoms with Gasteiger partial charge in [-0.15, -0.1) is 0 Å². The van der Waals surface area contributed by atoms with E-state index in [1.807, 2.05) is 13.0 Å². The summed E-state index contributed by atoms with van der Waals surface area (Å²) in [5, 5.41) is 14.8. The van der Waals surface area contributed by atoms with Gasteiger partial charge in [0.1, 0.15) is 0 Å². The summed E-state index contributed by atoms with van der Waals surface area (Å²) in [6, 6.07) is 8.92. The second-order valence-corrected chi connectivity index (χ2v) is 4.51. The average molecular weight is 229 g/mol. The molecule has 0 aromatic heterocycles. The van der Waals surface area contributed by atoms with Crippen molar-refractivity contribution in [2.24, 2.45) is 0 Å². The van der Waals surface area contributed by atoms with E-state index in [1.54, 1.807) is 24.3 Å². The van der Waals surface area contributed by atoms with Crippen LogP contribution in [0.5, 0.6) is 0 Å². The van der Waals surface area contributed by atoms with E-state index in [0.717, 1.165) is 25.1 Å². The average Bonchev–Trinajstić information content (AvgIpc) is 2.78. The van der Waals surface area contributed by atoms with Gasteiger partial charge in [-0.3, -0.25) is 4.79 Å². The highest BCUT2D eigenvalue weighted by molar-refractivity contribution is 5.98. The van der Waals surface area contributed by atoms with Crippen molar-refractivity contribution in [1.82, 2.24) is 5.32 Å². The Bertz CT molecular complexity index is 453. The smallest absolute Gasteiger partial charge is 0.244 e. The highest BCUT2D eigenvalue weighted by Crippen LogP contribution is 2.20. The molecular weight excluding hydrogens is 214 g/mol. The molecule has 17 heavy (non-hydrogen) atoms. The SMILES string of the molecule is CC1(C(=O)Nc2ccc(C#N)cc2)CCCN1. The third-order valence-electron chi connectivity index (χ3n) is 3.14. The predicted molar refractivity (Wildman–Crippen MR) is 65.4 cm³/mol. The first-order chi connectivity index (χ1) is 8.14. The van der Waals surface area contributed by atoms with Gasteiger partial charge in [0, 0.05) is 5.69 Å². The van der Waals surface area contributed by atoms with Crippen molar-refractivity contribution in [2.75, 3.05) is 11.9 Å². The van der Waals surface area contributed by atoms with E-state index in [1.165, 1.54) is 0 Å². The lowest BCUT2D eigenvalue weighted by Crippen LogP contribution is -2.47. The summed E-state index contributed by atoms with van der Waals surface area (Å²) >= 11 is 0. The topological polar surface area (TPSA) is 64.9 Å². The highest BCUT2D eigenvalue weighted by atomic mass is 16.2. The molecule has 4 nitrogen and oxygen atoms in total. The molecule has 1 saturated heterocycles. The summed E-state index contributed by atoms with van der Waals surface area (Å²) in [6.45, 7) is 2.80. The van der Waals surface area contributed by atoms with E-state index < -0.39 is 5.54 Å². The molecular formula is C13H15N3O. The van der Waals surface area contributed by atoms with Crippen LogP contribution in [-0.2, 0) is 4.79 Å². The minimum absolute atomic E-state index is 0.0142. The van der Waals surface area contributed by atoms with Gasteiger partial charge in [0.15, 0.2) is 0 Å². The Labute approximate surface area is 101 Å². The molecule has 0 bridgehead atoms. The summed E-state index contributed by atoms with van der Waals surface area (Å²) in [5.74, 6) is -0.0142. The van der Waals surface area contributed by atoms with Crippen LogP contribution in [0, 0.1) is 11.3 Å². The van der Waals surface area contributed by atoms with Gasteiger partial charge < -0.3 is 10.6 Å². The third kappa shape index (κ3) is 2.45. The van der Waals surface area contributed by atoms with Gasteiger partial charge in [0.2, 0.25) is 5.91 Å². The molecule has 88 valence electrons. The molecule has 1 fully saturated rings. The first kappa shape index (κ1) is 11.6. The fourth-order valence-electron chi connectivity index (χ4n) is 1.99. The molecule has 1 aromatic carbocycles. The summed E-state index contributed by atoms with van der Waals surface area (Å²) in [6.07, 6.45) is 1.88. The van der Waals surface area contributed by atoms with Gasteiger partial charge in [0.05, 0.1) is 17.2 Å². The number of benzene rings is 1. The number of hydrogen-bond donors (Lipinski definition) is 2. The Kier molecular flexibility index (Phi) is 3.12. The highest BCUT2D eigenvalue weighted by Gasteiger charge is 2.35. The van der Waals surface area contributed by atoms with E-state index in [0.29, 0.717) is 5.56 Å². The predicted octanol–water partition coefficient (Wildman–Crippen LogP) is 1.64. The number of carbonyl (C=O) groups is 1. The molecule has 1 unspecified atom stereocenters. The normalized spacial score (nSPS) is 23.1. The number of amides is 1. The maximum Gasteiger partial charge on any atom is 0.244 e. The Hall–Kier alpha value is -1.86. The lowest BCUT2D eigenvalue weighted by Gasteiger charge is -2.23. The van der Waals surface area contributed by atoms with E-state index in [4.69, 9.17) is 5.26 Å². The molecule has 1 aliphatic rings. The maximum atomic E-state index is 12.1. The third-order valence-corrected chi connectivity index (χ3v) is 3.14. The first-order valence-electron chi connectivity index (χ1n) is 5.71. The molecule has 0 aliphatic carbocycles. The van der Waals surface area contributed by atoms with Crippen LogP contribution in [0.3, 0.4) is 0 Å². The second kappa shape index (κ2) is 4.56. The zero-order chi connectivity index (χ0) is 12.3. The van der Waals surface area contributed by atoms with Crippen molar-refractivity contribution in [3.63, 3.8) is 0 Å². The Morgan fingerprint density at radius 3 is 2.71 bits per heavy atom. The van der Waals surface area contributed by atoms with Crippen LogP contribution in [0.1, 0.15) is 25.3 Å². The number of nitrogens with zero attached hydrogens (tertiary/aromatic N) is 1. The zero-order valence-electron chi connectivity index (χ0n) is 9.79. The number of carbonyl (C=O) groups excluding carboxylic acids is 1. The van der Waals surface area contributed by atoms with Gasteiger partial charge in [-0.05, 0) is 50.6 Å². The van der Waals surface area contributed by atoms with E-state index in [9.17, 15) is 4.79 Å². The maximum absolute atomic E-state index is 12.1. The van der Waals surface area contributed by atoms with E-state index in [2.05, 4.69) is 10.6 Å². The molecule has 4 heteroatoms. The van der Waals surface area contributed by atoms with Crippen molar-refractivity contribution >= 4 is 11.6 Å². The van der Waals surface area contributed by atoms with Crippen LogP contribution in [0.2, 0.25) is 0 Å². The molecule has 2 rings (SSSR count).